The predicted octanol–water partition coefficient (Wildman–Crippen LogP) is 1.40. The van der Waals surface area contributed by atoms with Crippen LogP contribution >= 0.6 is 0 Å². The van der Waals surface area contributed by atoms with Gasteiger partial charge in [0.25, 0.3) is 0 Å². The van der Waals surface area contributed by atoms with Crippen LogP contribution in [0.5, 0.6) is 0 Å². The Morgan fingerprint density at radius 2 is 1.93 bits per heavy atom. The van der Waals surface area contributed by atoms with E-state index < -0.39 is 0 Å². The van der Waals surface area contributed by atoms with Gasteiger partial charge in [-0.25, -0.2) is 4.98 Å². The number of aryl methyl sites for hydroxylation is 1. The zero-order valence-corrected chi connectivity index (χ0v) is 16.1. The third kappa shape index (κ3) is 4.21. The summed E-state index contributed by atoms with van der Waals surface area (Å²) >= 11 is 0. The van der Waals surface area contributed by atoms with Gasteiger partial charge in [-0.05, 0) is 38.8 Å². The molecule has 2 aromatic heterocycles. The maximum Gasteiger partial charge on any atom is 0.224 e. The lowest BCUT2D eigenvalue weighted by Gasteiger charge is -2.31. The summed E-state index contributed by atoms with van der Waals surface area (Å²) in [5.41, 5.74) is 0. The van der Waals surface area contributed by atoms with Crippen LogP contribution in [0.25, 0.3) is 0 Å². The topological polar surface area (TPSA) is 72.1 Å². The number of carbonyl (C=O) groups is 1. The maximum absolute atomic E-state index is 12.5. The number of aromatic nitrogens is 5. The smallest absolute Gasteiger partial charge is 0.224 e. The van der Waals surface area contributed by atoms with Gasteiger partial charge in [-0.2, -0.15) is 0 Å². The molecule has 2 aliphatic rings. The van der Waals surface area contributed by atoms with E-state index in [1.807, 2.05) is 15.7 Å². The molecular formula is C19H29N7O. The first-order valence-electron chi connectivity index (χ1n) is 10.0. The molecule has 0 bridgehead atoms. The van der Waals surface area contributed by atoms with E-state index in [-0.39, 0.29) is 5.91 Å². The monoisotopic (exact) mass is 371 g/mol. The Morgan fingerprint density at radius 3 is 2.63 bits per heavy atom. The molecule has 0 aromatic carbocycles. The van der Waals surface area contributed by atoms with Gasteiger partial charge in [0.1, 0.15) is 11.6 Å². The average Bonchev–Trinajstić information content (AvgIpc) is 3.44. The van der Waals surface area contributed by atoms with Crippen LogP contribution in [0.3, 0.4) is 0 Å². The van der Waals surface area contributed by atoms with E-state index in [1.165, 1.54) is 25.9 Å². The second-order valence-corrected chi connectivity index (χ2v) is 7.72. The Bertz CT molecular complexity index is 740. The van der Waals surface area contributed by atoms with Crippen LogP contribution < -0.4 is 0 Å². The van der Waals surface area contributed by atoms with E-state index >= 15 is 0 Å². The van der Waals surface area contributed by atoms with Gasteiger partial charge in [-0.1, -0.05) is 0 Å². The van der Waals surface area contributed by atoms with E-state index in [2.05, 4.69) is 31.7 Å². The number of piperidine rings is 1. The Labute approximate surface area is 160 Å². The van der Waals surface area contributed by atoms with Crippen molar-refractivity contribution in [3.63, 3.8) is 0 Å². The highest BCUT2D eigenvalue weighted by Crippen LogP contribution is 2.27. The third-order valence-corrected chi connectivity index (χ3v) is 5.92. The van der Waals surface area contributed by atoms with Gasteiger partial charge in [0, 0.05) is 51.4 Å². The van der Waals surface area contributed by atoms with E-state index in [1.54, 1.807) is 12.5 Å². The Kier molecular flexibility index (Phi) is 5.52. The summed E-state index contributed by atoms with van der Waals surface area (Å²) in [5.74, 6) is 2.77. The summed E-state index contributed by atoms with van der Waals surface area (Å²) in [4.78, 5) is 20.9. The number of hydrogen-bond acceptors (Lipinski definition) is 5. The largest absolute Gasteiger partial charge is 0.343 e. The van der Waals surface area contributed by atoms with Crippen LogP contribution in [-0.4, -0.2) is 66.2 Å². The van der Waals surface area contributed by atoms with Crippen molar-refractivity contribution < 1.29 is 4.79 Å². The molecule has 8 nitrogen and oxygen atoms in total. The summed E-state index contributed by atoms with van der Waals surface area (Å²) in [5, 5.41) is 8.94. The normalized spacial score (nSPS) is 19.1. The molecule has 4 rings (SSSR count). The van der Waals surface area contributed by atoms with Gasteiger partial charge in [-0.3, -0.25) is 9.69 Å². The zero-order chi connectivity index (χ0) is 18.6. The van der Waals surface area contributed by atoms with Crippen molar-refractivity contribution in [1.29, 1.82) is 0 Å². The second kappa shape index (κ2) is 8.21. The van der Waals surface area contributed by atoms with E-state index in [0.717, 1.165) is 44.1 Å². The van der Waals surface area contributed by atoms with Gasteiger partial charge in [0.05, 0.1) is 12.9 Å². The number of hydrogen-bond donors (Lipinski definition) is 0. The average molecular weight is 371 g/mol. The quantitative estimate of drug-likeness (QED) is 0.768. The molecule has 2 fully saturated rings. The Morgan fingerprint density at radius 1 is 1.15 bits per heavy atom. The molecular weight excluding hydrogens is 342 g/mol. The van der Waals surface area contributed by atoms with Gasteiger partial charge < -0.3 is 14.0 Å². The predicted molar refractivity (Wildman–Crippen MR) is 101 cm³/mol. The fourth-order valence-corrected chi connectivity index (χ4v) is 4.20. The lowest BCUT2D eigenvalue weighted by molar-refractivity contribution is -0.132. The van der Waals surface area contributed by atoms with Crippen LogP contribution in [0.15, 0.2) is 18.7 Å². The minimum atomic E-state index is 0.231. The molecule has 2 saturated heterocycles. The molecule has 4 heterocycles. The number of likely N-dealkylation sites (tertiary alicyclic amines) is 2. The van der Waals surface area contributed by atoms with Crippen molar-refractivity contribution in [2.45, 2.75) is 51.1 Å². The molecule has 0 N–H and O–H groups in total. The van der Waals surface area contributed by atoms with Gasteiger partial charge in [-0.15, -0.1) is 10.2 Å². The zero-order valence-electron chi connectivity index (χ0n) is 16.1. The fraction of sp³-hybridized carbons (Fsp3) is 0.684. The van der Waals surface area contributed by atoms with Gasteiger partial charge in [0.2, 0.25) is 5.91 Å². The molecule has 146 valence electrons. The number of rotatable bonds is 6. The van der Waals surface area contributed by atoms with Crippen LogP contribution in [0.4, 0.5) is 0 Å². The summed E-state index contributed by atoms with van der Waals surface area (Å²) in [7, 11) is 2.09. The number of nitrogens with zero attached hydrogens (tertiary/aromatic N) is 7. The van der Waals surface area contributed by atoms with Crippen LogP contribution in [0.2, 0.25) is 0 Å². The standard InChI is InChI=1S/C19H29N7O/c1-23-17(14-24-8-2-3-9-24)21-22-19(23)16-4-11-26(12-5-16)18(27)6-10-25-13-7-20-15-25/h7,13,15-16H,2-6,8-12,14H2,1H3. The lowest BCUT2D eigenvalue weighted by Crippen LogP contribution is -2.38. The Balaban J connectivity index is 1.28. The minimum absolute atomic E-state index is 0.231. The third-order valence-electron chi connectivity index (χ3n) is 5.92. The number of imidazole rings is 1. The van der Waals surface area contributed by atoms with E-state index in [0.29, 0.717) is 18.9 Å². The highest BCUT2D eigenvalue weighted by molar-refractivity contribution is 5.76. The van der Waals surface area contributed by atoms with Crippen molar-refractivity contribution in [2.75, 3.05) is 26.2 Å². The number of carbonyl (C=O) groups excluding carboxylic acids is 1. The molecule has 1 amide bonds. The molecule has 2 aliphatic heterocycles. The molecule has 0 unspecified atom stereocenters. The van der Waals surface area contributed by atoms with E-state index in [4.69, 9.17) is 0 Å². The molecule has 0 atom stereocenters. The molecule has 27 heavy (non-hydrogen) atoms. The first-order valence-corrected chi connectivity index (χ1v) is 10.0. The molecule has 8 heteroatoms. The van der Waals surface area contributed by atoms with Crippen molar-refractivity contribution in [2.24, 2.45) is 7.05 Å². The maximum atomic E-state index is 12.5. The first-order chi connectivity index (χ1) is 13.2. The van der Waals surface area contributed by atoms with Crippen molar-refractivity contribution in [1.82, 2.24) is 34.1 Å². The molecule has 0 saturated carbocycles. The van der Waals surface area contributed by atoms with Crippen molar-refractivity contribution in [3.8, 4) is 0 Å². The van der Waals surface area contributed by atoms with Gasteiger partial charge in [0.15, 0.2) is 0 Å². The van der Waals surface area contributed by atoms with Gasteiger partial charge >= 0.3 is 0 Å². The molecule has 0 radical (unpaired) electrons. The fourth-order valence-electron chi connectivity index (χ4n) is 4.20. The first kappa shape index (κ1) is 18.2. The molecule has 0 aliphatic carbocycles. The van der Waals surface area contributed by atoms with Crippen molar-refractivity contribution >= 4 is 5.91 Å². The summed E-state index contributed by atoms with van der Waals surface area (Å²) in [6.45, 7) is 5.55. The summed E-state index contributed by atoms with van der Waals surface area (Å²) in [6, 6.07) is 0. The highest BCUT2D eigenvalue weighted by Gasteiger charge is 2.27. The number of amides is 1. The summed E-state index contributed by atoms with van der Waals surface area (Å²) < 4.78 is 4.13. The molecule has 0 spiro atoms. The Hall–Kier alpha value is -2.22. The second-order valence-electron chi connectivity index (χ2n) is 7.72. The summed E-state index contributed by atoms with van der Waals surface area (Å²) in [6.07, 6.45) is 10.4. The van der Waals surface area contributed by atoms with Crippen molar-refractivity contribution in [3.05, 3.63) is 30.4 Å². The van der Waals surface area contributed by atoms with Crippen LogP contribution in [0, 0.1) is 0 Å². The van der Waals surface area contributed by atoms with Crippen LogP contribution in [0.1, 0.15) is 49.7 Å². The highest BCUT2D eigenvalue weighted by atomic mass is 16.2. The SMILES string of the molecule is Cn1c(CN2CCCC2)nnc1C1CCN(C(=O)CCn2ccnc2)CC1. The minimum Gasteiger partial charge on any atom is -0.343 e. The lowest BCUT2D eigenvalue weighted by atomic mass is 9.95. The van der Waals surface area contributed by atoms with E-state index in [9.17, 15) is 4.79 Å². The molecule has 2 aromatic rings. The van der Waals surface area contributed by atoms with Crippen LogP contribution in [-0.2, 0) is 24.9 Å².